The average molecular weight is 321 g/mol. The van der Waals surface area contributed by atoms with Gasteiger partial charge in [-0.05, 0) is 19.9 Å². The molecule has 0 spiro atoms. The van der Waals surface area contributed by atoms with E-state index in [0.29, 0.717) is 5.69 Å². The second-order valence-corrected chi connectivity index (χ2v) is 5.96. The Morgan fingerprint density at radius 1 is 1.52 bits per heavy atom. The van der Waals surface area contributed by atoms with Crippen LogP contribution in [0.3, 0.4) is 0 Å². The van der Waals surface area contributed by atoms with Crippen LogP contribution in [0, 0.1) is 13.8 Å². The van der Waals surface area contributed by atoms with Crippen LogP contribution in [0.5, 0.6) is 0 Å². The van der Waals surface area contributed by atoms with Crippen LogP contribution in [0.15, 0.2) is 6.07 Å². The first-order valence-electron chi connectivity index (χ1n) is 7.54. The van der Waals surface area contributed by atoms with Gasteiger partial charge in [0.05, 0.1) is 30.6 Å². The maximum atomic E-state index is 13.5. The Balaban J connectivity index is 1.88. The largest absolute Gasteiger partial charge is 0.394 e. The molecule has 3 heterocycles. The third kappa shape index (κ3) is 2.63. The molecule has 124 valence electrons. The summed E-state index contributed by atoms with van der Waals surface area (Å²) in [5.41, 5.74) is 3.58. The Kier molecular flexibility index (Phi) is 3.93. The monoisotopic (exact) mass is 321 g/mol. The lowest BCUT2D eigenvalue weighted by Crippen LogP contribution is -2.38. The fourth-order valence-electron chi connectivity index (χ4n) is 3.14. The predicted molar refractivity (Wildman–Crippen MR) is 81.7 cm³/mol. The molecule has 0 saturated carbocycles. The lowest BCUT2D eigenvalue weighted by atomic mass is 10.1. The van der Waals surface area contributed by atoms with Gasteiger partial charge in [-0.2, -0.15) is 10.2 Å². The molecule has 1 amide bonds. The van der Waals surface area contributed by atoms with Crippen molar-refractivity contribution in [1.82, 2.24) is 24.9 Å². The number of hydrogen-bond donors (Lipinski definition) is 2. The number of amides is 1. The van der Waals surface area contributed by atoms with Gasteiger partial charge < -0.3 is 10.0 Å². The van der Waals surface area contributed by atoms with E-state index >= 15 is 0 Å². The zero-order chi connectivity index (χ0) is 16.7. The number of aryl methyl sites for hydroxylation is 2. The second kappa shape index (κ2) is 5.77. The minimum absolute atomic E-state index is 0.00333. The summed E-state index contributed by atoms with van der Waals surface area (Å²) in [6.45, 7) is 3.58. The lowest BCUT2D eigenvalue weighted by molar-refractivity contribution is 0.0667. The highest BCUT2D eigenvalue weighted by atomic mass is 19.1. The number of aliphatic hydroxyl groups excluding tert-OH is 1. The minimum Gasteiger partial charge on any atom is -0.394 e. The third-order valence-electron chi connectivity index (χ3n) is 4.41. The molecule has 2 aromatic rings. The Morgan fingerprint density at radius 2 is 2.26 bits per heavy atom. The van der Waals surface area contributed by atoms with Gasteiger partial charge in [-0.25, -0.2) is 4.39 Å². The fraction of sp³-hybridized carbons (Fsp3) is 0.533. The molecule has 7 nitrogen and oxygen atoms in total. The molecule has 0 aromatic carbocycles. The molecule has 2 atom stereocenters. The summed E-state index contributed by atoms with van der Waals surface area (Å²) in [5.74, 6) is -0.345. The number of H-pyrrole nitrogens is 1. The number of halogens is 1. The molecule has 2 aromatic heterocycles. The molecule has 1 aliphatic rings. The molecule has 0 aliphatic carbocycles. The standard InChI is InChI=1S/C15H20FN5O2/c1-8-14(9(2)20(3)19-8)12-5-13(18-17-12)15(23)21-6-10(16)4-11(21)7-22/h5,10-11,22H,4,6-7H2,1-3H3,(H,17,18)/t10-,11-/m0/s1. The van der Waals surface area contributed by atoms with Crippen molar-refractivity contribution in [2.75, 3.05) is 13.2 Å². The minimum atomic E-state index is -1.10. The van der Waals surface area contributed by atoms with Gasteiger partial charge in [-0.1, -0.05) is 0 Å². The zero-order valence-corrected chi connectivity index (χ0v) is 13.4. The van der Waals surface area contributed by atoms with E-state index in [1.807, 2.05) is 20.9 Å². The Bertz CT molecular complexity index is 738. The molecule has 1 fully saturated rings. The molecule has 23 heavy (non-hydrogen) atoms. The van der Waals surface area contributed by atoms with Crippen LogP contribution >= 0.6 is 0 Å². The summed E-state index contributed by atoms with van der Waals surface area (Å²) in [4.78, 5) is 13.9. The van der Waals surface area contributed by atoms with Crippen molar-refractivity contribution in [1.29, 1.82) is 0 Å². The van der Waals surface area contributed by atoms with Gasteiger partial charge in [-0.3, -0.25) is 14.6 Å². The van der Waals surface area contributed by atoms with Crippen molar-refractivity contribution in [2.24, 2.45) is 7.05 Å². The number of aromatic amines is 1. The van der Waals surface area contributed by atoms with E-state index in [9.17, 15) is 14.3 Å². The normalized spacial score (nSPS) is 21.2. The van der Waals surface area contributed by atoms with Crippen LogP contribution in [-0.4, -0.2) is 61.3 Å². The number of alkyl halides is 1. The topological polar surface area (TPSA) is 87.0 Å². The van der Waals surface area contributed by atoms with E-state index in [1.54, 1.807) is 10.7 Å². The molecule has 0 unspecified atom stereocenters. The number of aromatic nitrogens is 4. The van der Waals surface area contributed by atoms with Crippen LogP contribution in [-0.2, 0) is 7.05 Å². The maximum Gasteiger partial charge on any atom is 0.272 e. The van der Waals surface area contributed by atoms with Crippen LogP contribution in [0.1, 0.15) is 28.3 Å². The molecule has 2 N–H and O–H groups in total. The zero-order valence-electron chi connectivity index (χ0n) is 13.4. The molecule has 8 heteroatoms. The summed E-state index contributed by atoms with van der Waals surface area (Å²) in [6, 6.07) is 1.17. The smallest absolute Gasteiger partial charge is 0.272 e. The highest BCUT2D eigenvalue weighted by Gasteiger charge is 2.36. The molecule has 0 radical (unpaired) electrons. The summed E-state index contributed by atoms with van der Waals surface area (Å²) >= 11 is 0. The highest BCUT2D eigenvalue weighted by molar-refractivity contribution is 5.94. The first-order chi connectivity index (χ1) is 10.9. The van der Waals surface area contributed by atoms with Crippen molar-refractivity contribution in [3.8, 4) is 11.3 Å². The quantitative estimate of drug-likeness (QED) is 0.882. The molecular formula is C15H20FN5O2. The van der Waals surface area contributed by atoms with Crippen LogP contribution in [0.25, 0.3) is 11.3 Å². The van der Waals surface area contributed by atoms with Gasteiger partial charge in [0, 0.05) is 24.7 Å². The number of carbonyl (C=O) groups excluding carboxylic acids is 1. The van der Waals surface area contributed by atoms with E-state index in [0.717, 1.165) is 17.0 Å². The van der Waals surface area contributed by atoms with E-state index in [-0.39, 0.29) is 31.2 Å². The van der Waals surface area contributed by atoms with E-state index < -0.39 is 12.2 Å². The molecule has 1 aliphatic heterocycles. The van der Waals surface area contributed by atoms with Crippen LogP contribution in [0.2, 0.25) is 0 Å². The molecule has 3 rings (SSSR count). The van der Waals surface area contributed by atoms with Gasteiger partial charge in [0.25, 0.3) is 5.91 Å². The van der Waals surface area contributed by atoms with Gasteiger partial charge in [0.1, 0.15) is 11.9 Å². The van der Waals surface area contributed by atoms with Crippen molar-refractivity contribution in [2.45, 2.75) is 32.5 Å². The van der Waals surface area contributed by atoms with Gasteiger partial charge >= 0.3 is 0 Å². The first-order valence-corrected chi connectivity index (χ1v) is 7.54. The van der Waals surface area contributed by atoms with Gasteiger partial charge in [0.2, 0.25) is 0 Å². The summed E-state index contributed by atoms with van der Waals surface area (Å²) in [6.07, 6.45) is -0.925. The van der Waals surface area contributed by atoms with E-state index in [4.69, 9.17) is 0 Å². The number of aliphatic hydroxyl groups is 1. The number of rotatable bonds is 3. The van der Waals surface area contributed by atoms with Gasteiger partial charge in [0.15, 0.2) is 0 Å². The third-order valence-corrected chi connectivity index (χ3v) is 4.41. The fourth-order valence-corrected chi connectivity index (χ4v) is 3.14. The lowest BCUT2D eigenvalue weighted by Gasteiger charge is -2.21. The van der Waals surface area contributed by atoms with Crippen LogP contribution < -0.4 is 0 Å². The number of nitrogens with one attached hydrogen (secondary N) is 1. The average Bonchev–Trinajstić information content (AvgIpc) is 3.18. The number of likely N-dealkylation sites (tertiary alicyclic amines) is 1. The first kappa shape index (κ1) is 15.7. The Morgan fingerprint density at radius 3 is 2.87 bits per heavy atom. The summed E-state index contributed by atoms with van der Waals surface area (Å²) in [7, 11) is 1.85. The van der Waals surface area contributed by atoms with Crippen molar-refractivity contribution in [3.63, 3.8) is 0 Å². The van der Waals surface area contributed by atoms with E-state index in [1.165, 1.54) is 4.90 Å². The highest BCUT2D eigenvalue weighted by Crippen LogP contribution is 2.27. The Labute approximate surface area is 133 Å². The second-order valence-electron chi connectivity index (χ2n) is 5.96. The van der Waals surface area contributed by atoms with Crippen LogP contribution in [0.4, 0.5) is 4.39 Å². The molecular weight excluding hydrogens is 301 g/mol. The number of hydrogen-bond acceptors (Lipinski definition) is 4. The maximum absolute atomic E-state index is 13.5. The Hall–Kier alpha value is -2.22. The molecule has 1 saturated heterocycles. The van der Waals surface area contributed by atoms with Gasteiger partial charge in [-0.15, -0.1) is 0 Å². The van der Waals surface area contributed by atoms with Crippen molar-refractivity contribution < 1.29 is 14.3 Å². The summed E-state index contributed by atoms with van der Waals surface area (Å²) < 4.78 is 15.3. The predicted octanol–water partition coefficient (Wildman–Crippen LogP) is 0.972. The SMILES string of the molecule is Cc1nn(C)c(C)c1-c1cc(C(=O)N2C[C@@H](F)C[C@H]2CO)[nH]n1. The number of carbonyl (C=O) groups is 1. The summed E-state index contributed by atoms with van der Waals surface area (Å²) in [5, 5.41) is 20.6. The molecule has 0 bridgehead atoms. The van der Waals surface area contributed by atoms with Crippen molar-refractivity contribution >= 4 is 5.91 Å². The number of nitrogens with zero attached hydrogens (tertiary/aromatic N) is 4. The van der Waals surface area contributed by atoms with Crippen molar-refractivity contribution in [3.05, 3.63) is 23.1 Å². The van der Waals surface area contributed by atoms with E-state index in [2.05, 4.69) is 15.3 Å².